The van der Waals surface area contributed by atoms with Crippen molar-refractivity contribution in [3.8, 4) is 5.75 Å². The van der Waals surface area contributed by atoms with Gasteiger partial charge in [-0.15, -0.1) is 0 Å². The molecule has 0 bridgehead atoms. The van der Waals surface area contributed by atoms with Gasteiger partial charge >= 0.3 is 5.97 Å². The number of rotatable bonds is 4. The summed E-state index contributed by atoms with van der Waals surface area (Å²) in [4.78, 5) is 29.3. The van der Waals surface area contributed by atoms with E-state index in [1.807, 2.05) is 0 Å². The van der Waals surface area contributed by atoms with Gasteiger partial charge < -0.3 is 14.4 Å². The van der Waals surface area contributed by atoms with E-state index in [9.17, 15) is 9.59 Å². The van der Waals surface area contributed by atoms with Gasteiger partial charge in [-0.25, -0.2) is 0 Å². The lowest BCUT2D eigenvalue weighted by Crippen LogP contribution is -2.52. The molecule has 0 saturated carbocycles. The number of pyridine rings is 1. The molecular weight excluding hydrogens is 284 g/mol. The molecule has 1 amide bonds. The smallest absolute Gasteiger partial charge is 0.303 e. The first-order valence-electron chi connectivity index (χ1n) is 7.44. The van der Waals surface area contributed by atoms with Crippen LogP contribution in [-0.4, -0.2) is 46.6 Å². The molecule has 1 aliphatic rings. The molecule has 1 aliphatic heterocycles. The van der Waals surface area contributed by atoms with Crippen molar-refractivity contribution >= 4 is 11.9 Å². The van der Waals surface area contributed by atoms with Gasteiger partial charge in [0, 0.05) is 25.9 Å². The minimum atomic E-state index is -1.15. The molecule has 2 rings (SSSR count). The molecule has 0 spiro atoms. The number of piperidine rings is 1. The average molecular weight is 306 g/mol. The summed E-state index contributed by atoms with van der Waals surface area (Å²) in [6.45, 7) is 5.68. The zero-order valence-electron chi connectivity index (χ0n) is 13.2. The Morgan fingerprint density at radius 1 is 1.32 bits per heavy atom. The van der Waals surface area contributed by atoms with Crippen molar-refractivity contribution in [1.29, 1.82) is 0 Å². The number of hydrogen-bond donors (Lipinski definition) is 0. The first-order valence-corrected chi connectivity index (χ1v) is 7.44. The standard InChI is InChI=1S/C16H22N2O4/c1-12(19)22-16(2,3)15(20)18-10-4-5-14(11-18)21-13-6-8-17-9-7-13/h6-9,14H,4-5,10-11H2,1-3H3. The highest BCUT2D eigenvalue weighted by atomic mass is 16.6. The van der Waals surface area contributed by atoms with Gasteiger partial charge in [0.1, 0.15) is 11.9 Å². The number of aromatic nitrogens is 1. The molecule has 6 heteroatoms. The monoisotopic (exact) mass is 306 g/mol. The van der Waals surface area contributed by atoms with E-state index in [0.717, 1.165) is 18.6 Å². The van der Waals surface area contributed by atoms with Crippen LogP contribution in [0.1, 0.15) is 33.6 Å². The number of likely N-dealkylation sites (tertiary alicyclic amines) is 1. The molecule has 6 nitrogen and oxygen atoms in total. The van der Waals surface area contributed by atoms with E-state index in [0.29, 0.717) is 13.1 Å². The first kappa shape index (κ1) is 16.3. The second-order valence-corrected chi connectivity index (χ2v) is 5.92. The molecule has 0 N–H and O–H groups in total. The maximum atomic E-state index is 12.5. The maximum Gasteiger partial charge on any atom is 0.303 e. The lowest BCUT2D eigenvalue weighted by Gasteiger charge is -2.37. The van der Waals surface area contributed by atoms with Gasteiger partial charge in [0.2, 0.25) is 0 Å². The van der Waals surface area contributed by atoms with Crippen molar-refractivity contribution in [3.63, 3.8) is 0 Å². The summed E-state index contributed by atoms with van der Waals surface area (Å²) in [5, 5.41) is 0. The molecule has 1 atom stereocenters. The molecule has 1 fully saturated rings. The predicted octanol–water partition coefficient (Wildman–Crippen LogP) is 1.79. The average Bonchev–Trinajstić information content (AvgIpc) is 2.46. The molecule has 0 radical (unpaired) electrons. The van der Waals surface area contributed by atoms with Gasteiger partial charge in [-0.1, -0.05) is 0 Å². The number of ether oxygens (including phenoxy) is 2. The molecule has 1 saturated heterocycles. The summed E-state index contributed by atoms with van der Waals surface area (Å²) in [5.41, 5.74) is -1.15. The van der Waals surface area contributed by atoms with Crippen molar-refractivity contribution in [2.45, 2.75) is 45.3 Å². The van der Waals surface area contributed by atoms with Crippen LogP contribution in [0.4, 0.5) is 0 Å². The van der Waals surface area contributed by atoms with E-state index in [1.165, 1.54) is 6.92 Å². The molecule has 0 aliphatic carbocycles. The minimum Gasteiger partial charge on any atom is -0.488 e. The Morgan fingerprint density at radius 2 is 2.00 bits per heavy atom. The summed E-state index contributed by atoms with van der Waals surface area (Å²) in [6, 6.07) is 3.59. The number of amides is 1. The SMILES string of the molecule is CC(=O)OC(C)(C)C(=O)N1CCCC(Oc2ccncc2)C1. The molecule has 22 heavy (non-hydrogen) atoms. The number of nitrogens with zero attached hydrogens (tertiary/aromatic N) is 2. The van der Waals surface area contributed by atoms with Crippen LogP contribution in [0.3, 0.4) is 0 Å². The van der Waals surface area contributed by atoms with Crippen molar-refractivity contribution < 1.29 is 19.1 Å². The van der Waals surface area contributed by atoms with Crippen molar-refractivity contribution in [2.24, 2.45) is 0 Å². The Morgan fingerprint density at radius 3 is 2.64 bits per heavy atom. The van der Waals surface area contributed by atoms with Crippen molar-refractivity contribution in [3.05, 3.63) is 24.5 Å². The van der Waals surface area contributed by atoms with Crippen LogP contribution in [-0.2, 0) is 14.3 Å². The summed E-state index contributed by atoms with van der Waals surface area (Å²) in [6.07, 6.45) is 5.03. The summed E-state index contributed by atoms with van der Waals surface area (Å²) < 4.78 is 11.0. The van der Waals surface area contributed by atoms with Crippen LogP contribution < -0.4 is 4.74 Å². The molecule has 1 unspecified atom stereocenters. The topological polar surface area (TPSA) is 68.7 Å². The highest BCUT2D eigenvalue weighted by Crippen LogP contribution is 2.21. The van der Waals surface area contributed by atoms with E-state index in [-0.39, 0.29) is 12.0 Å². The summed E-state index contributed by atoms with van der Waals surface area (Å²) >= 11 is 0. The third kappa shape index (κ3) is 4.19. The number of carbonyl (C=O) groups is 2. The second kappa shape index (κ2) is 6.77. The third-order valence-corrected chi connectivity index (χ3v) is 3.53. The van der Waals surface area contributed by atoms with Crippen LogP contribution in [0.25, 0.3) is 0 Å². The maximum absolute atomic E-state index is 12.5. The Kier molecular flexibility index (Phi) is 5.00. The molecule has 2 heterocycles. The summed E-state index contributed by atoms with van der Waals surface area (Å²) in [5.74, 6) is 0.0965. The van der Waals surface area contributed by atoms with E-state index >= 15 is 0 Å². The number of hydrogen-bond acceptors (Lipinski definition) is 5. The van der Waals surface area contributed by atoms with E-state index in [2.05, 4.69) is 4.98 Å². The van der Waals surface area contributed by atoms with Crippen molar-refractivity contribution in [2.75, 3.05) is 13.1 Å². The fourth-order valence-corrected chi connectivity index (χ4v) is 2.61. The van der Waals surface area contributed by atoms with Crippen LogP contribution in [0, 0.1) is 0 Å². The van der Waals surface area contributed by atoms with Gasteiger partial charge in [0.25, 0.3) is 5.91 Å². The summed E-state index contributed by atoms with van der Waals surface area (Å²) in [7, 11) is 0. The Labute approximate surface area is 130 Å². The number of carbonyl (C=O) groups excluding carboxylic acids is 2. The quantitative estimate of drug-likeness (QED) is 0.793. The van der Waals surface area contributed by atoms with Gasteiger partial charge in [-0.2, -0.15) is 0 Å². The Hall–Kier alpha value is -2.11. The second-order valence-electron chi connectivity index (χ2n) is 5.92. The minimum absolute atomic E-state index is 0.0618. The van der Waals surface area contributed by atoms with Crippen LogP contribution >= 0.6 is 0 Å². The van der Waals surface area contributed by atoms with E-state index in [1.54, 1.807) is 43.3 Å². The van der Waals surface area contributed by atoms with Gasteiger partial charge in [0.15, 0.2) is 5.60 Å². The lowest BCUT2D eigenvalue weighted by atomic mass is 10.0. The molecular formula is C16H22N2O4. The fraction of sp³-hybridized carbons (Fsp3) is 0.562. The lowest BCUT2D eigenvalue weighted by molar-refractivity contribution is -0.169. The van der Waals surface area contributed by atoms with Crippen LogP contribution in [0.5, 0.6) is 5.75 Å². The fourth-order valence-electron chi connectivity index (χ4n) is 2.61. The van der Waals surface area contributed by atoms with Gasteiger partial charge in [-0.05, 0) is 38.8 Å². The molecule has 0 aromatic carbocycles. The normalized spacial score (nSPS) is 18.7. The predicted molar refractivity (Wildman–Crippen MR) is 80.3 cm³/mol. The highest BCUT2D eigenvalue weighted by Gasteiger charge is 2.37. The van der Waals surface area contributed by atoms with Crippen LogP contribution in [0.2, 0.25) is 0 Å². The van der Waals surface area contributed by atoms with Gasteiger partial charge in [-0.3, -0.25) is 14.6 Å². The molecule has 120 valence electrons. The first-order chi connectivity index (χ1) is 10.4. The third-order valence-electron chi connectivity index (χ3n) is 3.53. The van der Waals surface area contributed by atoms with Gasteiger partial charge in [0.05, 0.1) is 6.54 Å². The Balaban J connectivity index is 1.98. The molecule has 1 aromatic heterocycles. The van der Waals surface area contributed by atoms with E-state index < -0.39 is 11.6 Å². The highest BCUT2D eigenvalue weighted by molar-refractivity contribution is 5.86. The van der Waals surface area contributed by atoms with Crippen molar-refractivity contribution in [1.82, 2.24) is 9.88 Å². The molecule has 1 aromatic rings. The Bertz CT molecular complexity index is 530. The van der Waals surface area contributed by atoms with Crippen LogP contribution in [0.15, 0.2) is 24.5 Å². The number of esters is 1. The largest absolute Gasteiger partial charge is 0.488 e. The zero-order valence-corrected chi connectivity index (χ0v) is 13.2. The zero-order chi connectivity index (χ0) is 16.2. The van der Waals surface area contributed by atoms with E-state index in [4.69, 9.17) is 9.47 Å².